The molecular formula is C14H21NO2. The molecule has 0 saturated carbocycles. The molecule has 2 rings (SSSR count). The van der Waals surface area contributed by atoms with Crippen LogP contribution in [0.25, 0.3) is 0 Å². The molecule has 1 aromatic rings. The van der Waals surface area contributed by atoms with Crippen molar-refractivity contribution in [3.63, 3.8) is 0 Å². The fourth-order valence-electron chi connectivity index (χ4n) is 2.34. The van der Waals surface area contributed by atoms with Crippen LogP contribution < -0.4 is 10.1 Å². The average molecular weight is 235 g/mol. The summed E-state index contributed by atoms with van der Waals surface area (Å²) in [5, 5.41) is 12.4. The van der Waals surface area contributed by atoms with Gasteiger partial charge in [-0.15, -0.1) is 0 Å². The van der Waals surface area contributed by atoms with Gasteiger partial charge in [-0.2, -0.15) is 0 Å². The van der Waals surface area contributed by atoms with Crippen LogP contribution in [0.4, 0.5) is 0 Å². The summed E-state index contributed by atoms with van der Waals surface area (Å²) in [4.78, 5) is 0. The Morgan fingerprint density at radius 3 is 3.12 bits per heavy atom. The van der Waals surface area contributed by atoms with Crippen molar-refractivity contribution >= 4 is 0 Å². The fourth-order valence-corrected chi connectivity index (χ4v) is 2.34. The number of ether oxygens (including phenoxy) is 1. The molecule has 1 heterocycles. The van der Waals surface area contributed by atoms with Crippen LogP contribution in [0, 0.1) is 0 Å². The Kier molecular flexibility index (Phi) is 4.40. The van der Waals surface area contributed by atoms with Crippen LogP contribution in [0.15, 0.2) is 24.3 Å². The second kappa shape index (κ2) is 6.03. The molecule has 0 spiro atoms. The maximum atomic E-state index is 8.83. The maximum absolute atomic E-state index is 8.83. The highest BCUT2D eigenvalue weighted by molar-refractivity contribution is 5.37. The third-order valence-electron chi connectivity index (χ3n) is 3.24. The minimum absolute atomic E-state index is 0.274. The van der Waals surface area contributed by atoms with Gasteiger partial charge < -0.3 is 15.2 Å². The zero-order chi connectivity index (χ0) is 12.1. The van der Waals surface area contributed by atoms with Crippen molar-refractivity contribution in [2.45, 2.75) is 38.3 Å². The van der Waals surface area contributed by atoms with Crippen LogP contribution in [-0.4, -0.2) is 24.4 Å². The summed E-state index contributed by atoms with van der Waals surface area (Å²) in [6, 6.07) is 9.04. The number of fused-ring (bicyclic) bond motifs is 1. The minimum atomic E-state index is 0.274. The lowest BCUT2D eigenvalue weighted by atomic mass is 9.99. The van der Waals surface area contributed by atoms with Gasteiger partial charge in [0.25, 0.3) is 0 Å². The van der Waals surface area contributed by atoms with Crippen molar-refractivity contribution in [3.05, 3.63) is 29.8 Å². The van der Waals surface area contributed by atoms with E-state index >= 15 is 0 Å². The highest BCUT2D eigenvalue weighted by Crippen LogP contribution is 2.31. The first kappa shape index (κ1) is 12.4. The summed E-state index contributed by atoms with van der Waals surface area (Å²) in [5.41, 5.74) is 1.26. The topological polar surface area (TPSA) is 41.5 Å². The Morgan fingerprint density at radius 1 is 1.47 bits per heavy atom. The minimum Gasteiger partial charge on any atom is -0.493 e. The molecule has 0 amide bonds. The summed E-state index contributed by atoms with van der Waals surface area (Å²) in [7, 11) is 0. The molecule has 0 bridgehead atoms. The molecule has 2 atom stereocenters. The van der Waals surface area contributed by atoms with Gasteiger partial charge in [0, 0.05) is 30.7 Å². The molecule has 1 aromatic carbocycles. The Bertz CT molecular complexity index is 354. The zero-order valence-corrected chi connectivity index (χ0v) is 10.4. The van der Waals surface area contributed by atoms with Gasteiger partial charge in [0.05, 0.1) is 6.61 Å². The number of rotatable bonds is 5. The van der Waals surface area contributed by atoms with Crippen LogP contribution >= 0.6 is 0 Å². The van der Waals surface area contributed by atoms with E-state index in [9.17, 15) is 0 Å². The third kappa shape index (κ3) is 3.20. The molecule has 0 aliphatic carbocycles. The van der Waals surface area contributed by atoms with Gasteiger partial charge in [0.1, 0.15) is 5.75 Å². The van der Waals surface area contributed by atoms with Crippen LogP contribution in [0.3, 0.4) is 0 Å². The van der Waals surface area contributed by atoms with Gasteiger partial charge >= 0.3 is 0 Å². The predicted octanol–water partition coefficient (Wildman–Crippen LogP) is 2.26. The molecule has 0 saturated heterocycles. The first-order valence-electron chi connectivity index (χ1n) is 6.40. The summed E-state index contributed by atoms with van der Waals surface area (Å²) in [6.07, 6.45) is 2.88. The van der Waals surface area contributed by atoms with E-state index in [1.165, 1.54) is 5.56 Å². The van der Waals surface area contributed by atoms with Crippen molar-refractivity contribution < 1.29 is 9.84 Å². The van der Waals surface area contributed by atoms with Crippen LogP contribution in [0.1, 0.15) is 37.8 Å². The summed E-state index contributed by atoms with van der Waals surface area (Å²) in [5.74, 6) is 1.01. The molecule has 1 aliphatic rings. The van der Waals surface area contributed by atoms with Crippen molar-refractivity contribution in [1.82, 2.24) is 5.32 Å². The van der Waals surface area contributed by atoms with Gasteiger partial charge in [-0.05, 0) is 25.8 Å². The van der Waals surface area contributed by atoms with Crippen molar-refractivity contribution in [3.8, 4) is 5.75 Å². The molecule has 3 nitrogen and oxygen atoms in total. The number of hydrogen-bond donors (Lipinski definition) is 2. The van der Waals surface area contributed by atoms with E-state index in [0.717, 1.165) is 31.6 Å². The lowest BCUT2D eigenvalue weighted by Gasteiger charge is -2.29. The quantitative estimate of drug-likeness (QED) is 0.822. The normalized spacial score (nSPS) is 20.5. The van der Waals surface area contributed by atoms with Gasteiger partial charge in [0.2, 0.25) is 0 Å². The molecule has 2 unspecified atom stereocenters. The number of nitrogens with one attached hydrogen (secondary N) is 1. The first-order chi connectivity index (χ1) is 8.31. The van der Waals surface area contributed by atoms with Gasteiger partial charge in [-0.25, -0.2) is 0 Å². The van der Waals surface area contributed by atoms with E-state index in [0.29, 0.717) is 12.1 Å². The molecule has 0 radical (unpaired) electrons. The van der Waals surface area contributed by atoms with Gasteiger partial charge in [-0.1, -0.05) is 18.2 Å². The second-order valence-electron chi connectivity index (χ2n) is 4.66. The van der Waals surface area contributed by atoms with Crippen LogP contribution in [0.2, 0.25) is 0 Å². The van der Waals surface area contributed by atoms with Crippen LogP contribution in [-0.2, 0) is 0 Å². The van der Waals surface area contributed by atoms with Crippen LogP contribution in [0.5, 0.6) is 5.75 Å². The fraction of sp³-hybridized carbons (Fsp3) is 0.571. The lowest BCUT2D eigenvalue weighted by molar-refractivity contribution is 0.237. The smallest absolute Gasteiger partial charge is 0.124 e. The molecule has 2 N–H and O–H groups in total. The van der Waals surface area contributed by atoms with E-state index in [-0.39, 0.29) is 6.61 Å². The van der Waals surface area contributed by atoms with E-state index < -0.39 is 0 Å². The molecule has 17 heavy (non-hydrogen) atoms. The first-order valence-corrected chi connectivity index (χ1v) is 6.40. The Morgan fingerprint density at radius 2 is 2.29 bits per heavy atom. The monoisotopic (exact) mass is 235 g/mol. The molecule has 94 valence electrons. The summed E-state index contributed by atoms with van der Waals surface area (Å²) in [6.45, 7) is 3.23. The van der Waals surface area contributed by atoms with E-state index in [2.05, 4.69) is 24.4 Å². The number of para-hydroxylation sites is 1. The second-order valence-corrected chi connectivity index (χ2v) is 4.66. The predicted molar refractivity (Wildman–Crippen MR) is 68.2 cm³/mol. The Balaban J connectivity index is 1.98. The highest BCUT2D eigenvalue weighted by Gasteiger charge is 2.21. The zero-order valence-electron chi connectivity index (χ0n) is 10.4. The van der Waals surface area contributed by atoms with Crippen molar-refractivity contribution in [1.29, 1.82) is 0 Å². The third-order valence-corrected chi connectivity index (χ3v) is 3.24. The van der Waals surface area contributed by atoms with E-state index in [4.69, 9.17) is 9.84 Å². The maximum Gasteiger partial charge on any atom is 0.124 e. The largest absolute Gasteiger partial charge is 0.493 e. The Labute approximate surface area is 103 Å². The number of hydrogen-bond acceptors (Lipinski definition) is 3. The summed E-state index contributed by atoms with van der Waals surface area (Å²) >= 11 is 0. The molecule has 3 heteroatoms. The molecule has 1 aliphatic heterocycles. The highest BCUT2D eigenvalue weighted by atomic mass is 16.5. The number of aliphatic hydroxyl groups excluding tert-OH is 1. The SMILES string of the molecule is CC(CCCO)NC1CCOc2ccccc21. The molecule has 0 aromatic heterocycles. The van der Waals surface area contributed by atoms with Crippen molar-refractivity contribution in [2.24, 2.45) is 0 Å². The van der Waals surface area contributed by atoms with Gasteiger partial charge in [-0.3, -0.25) is 0 Å². The summed E-state index contributed by atoms with van der Waals surface area (Å²) < 4.78 is 5.64. The van der Waals surface area contributed by atoms with Gasteiger partial charge in [0.15, 0.2) is 0 Å². The number of benzene rings is 1. The molecular weight excluding hydrogens is 214 g/mol. The average Bonchev–Trinajstić information content (AvgIpc) is 2.37. The Hall–Kier alpha value is -1.06. The number of aliphatic hydroxyl groups is 1. The lowest BCUT2D eigenvalue weighted by Crippen LogP contribution is -2.33. The molecule has 0 fully saturated rings. The van der Waals surface area contributed by atoms with E-state index in [1.807, 2.05) is 12.1 Å². The standard InChI is InChI=1S/C14H21NO2/c1-11(5-4-9-16)15-13-8-10-17-14-7-3-2-6-12(13)14/h2-3,6-7,11,13,15-16H,4-5,8-10H2,1H3. The van der Waals surface area contributed by atoms with Crippen molar-refractivity contribution in [2.75, 3.05) is 13.2 Å². The van der Waals surface area contributed by atoms with E-state index in [1.54, 1.807) is 0 Å².